The van der Waals surface area contributed by atoms with Crippen LogP contribution in [0, 0.1) is 13.8 Å². The van der Waals surface area contributed by atoms with Gasteiger partial charge >= 0.3 is 0 Å². The van der Waals surface area contributed by atoms with E-state index in [1.165, 1.54) is 0 Å². The lowest BCUT2D eigenvalue weighted by molar-refractivity contribution is 0.318. The summed E-state index contributed by atoms with van der Waals surface area (Å²) < 4.78 is 1.80. The Labute approximate surface area is 121 Å². The van der Waals surface area contributed by atoms with E-state index in [1.54, 1.807) is 10.9 Å². The second-order valence-corrected chi connectivity index (χ2v) is 4.86. The van der Waals surface area contributed by atoms with Crippen LogP contribution < -0.4 is 5.73 Å². The minimum Gasteiger partial charge on any atom is -0.409 e. The van der Waals surface area contributed by atoms with Gasteiger partial charge in [-0.1, -0.05) is 23.4 Å². The van der Waals surface area contributed by atoms with Gasteiger partial charge in [0.15, 0.2) is 5.84 Å². The SMILES string of the molecule is Cc1cc(C)n(-c2c(/C(N)=N/O)cnc3ccccc23)n1. The van der Waals surface area contributed by atoms with Crippen molar-refractivity contribution in [2.24, 2.45) is 10.9 Å². The number of aromatic nitrogens is 3. The predicted molar refractivity (Wildman–Crippen MR) is 80.8 cm³/mol. The highest BCUT2D eigenvalue weighted by Gasteiger charge is 2.16. The van der Waals surface area contributed by atoms with Crippen molar-refractivity contribution < 1.29 is 5.21 Å². The van der Waals surface area contributed by atoms with E-state index in [2.05, 4.69) is 15.2 Å². The zero-order valence-corrected chi connectivity index (χ0v) is 11.8. The van der Waals surface area contributed by atoms with Crippen LogP contribution in [0.2, 0.25) is 0 Å². The zero-order valence-electron chi connectivity index (χ0n) is 11.8. The number of pyridine rings is 1. The third kappa shape index (κ3) is 2.10. The summed E-state index contributed by atoms with van der Waals surface area (Å²) in [5.41, 5.74) is 9.81. The maximum absolute atomic E-state index is 9.01. The Kier molecular flexibility index (Phi) is 3.06. The monoisotopic (exact) mass is 281 g/mol. The van der Waals surface area contributed by atoms with Gasteiger partial charge in [-0.3, -0.25) is 4.98 Å². The lowest BCUT2D eigenvalue weighted by atomic mass is 10.1. The van der Waals surface area contributed by atoms with Gasteiger partial charge in [-0.15, -0.1) is 0 Å². The topological polar surface area (TPSA) is 89.3 Å². The smallest absolute Gasteiger partial charge is 0.173 e. The summed E-state index contributed by atoms with van der Waals surface area (Å²) >= 11 is 0. The number of nitrogens with two attached hydrogens (primary N) is 1. The van der Waals surface area contributed by atoms with E-state index in [0.29, 0.717) is 5.56 Å². The van der Waals surface area contributed by atoms with Crippen molar-refractivity contribution in [3.8, 4) is 5.69 Å². The number of amidine groups is 1. The Balaban J connectivity index is 2.44. The minimum absolute atomic E-state index is 0.0100. The van der Waals surface area contributed by atoms with E-state index in [1.807, 2.05) is 44.2 Å². The molecule has 0 saturated heterocycles. The number of hydrogen-bond donors (Lipinski definition) is 2. The molecule has 6 nitrogen and oxygen atoms in total. The van der Waals surface area contributed by atoms with Crippen molar-refractivity contribution in [2.45, 2.75) is 13.8 Å². The van der Waals surface area contributed by atoms with Crippen LogP contribution in [0.25, 0.3) is 16.6 Å². The van der Waals surface area contributed by atoms with Crippen molar-refractivity contribution in [3.05, 3.63) is 53.5 Å². The quantitative estimate of drug-likeness (QED) is 0.326. The van der Waals surface area contributed by atoms with E-state index in [4.69, 9.17) is 10.9 Å². The van der Waals surface area contributed by atoms with Crippen LogP contribution in [0.5, 0.6) is 0 Å². The van der Waals surface area contributed by atoms with E-state index >= 15 is 0 Å². The summed E-state index contributed by atoms with van der Waals surface area (Å²) in [7, 11) is 0. The molecule has 0 unspecified atom stereocenters. The van der Waals surface area contributed by atoms with Crippen molar-refractivity contribution in [1.29, 1.82) is 0 Å². The molecule has 0 amide bonds. The Hall–Kier alpha value is -2.89. The van der Waals surface area contributed by atoms with Gasteiger partial charge < -0.3 is 10.9 Å². The number of rotatable bonds is 2. The van der Waals surface area contributed by atoms with Gasteiger partial charge in [0.2, 0.25) is 0 Å². The van der Waals surface area contributed by atoms with Crippen LogP contribution in [0.15, 0.2) is 41.7 Å². The summed E-state index contributed by atoms with van der Waals surface area (Å²) in [6.45, 7) is 3.89. The van der Waals surface area contributed by atoms with Gasteiger partial charge in [0.25, 0.3) is 0 Å². The maximum Gasteiger partial charge on any atom is 0.173 e. The van der Waals surface area contributed by atoms with Crippen LogP contribution in [-0.2, 0) is 0 Å². The van der Waals surface area contributed by atoms with Gasteiger partial charge in [-0.25, -0.2) is 4.68 Å². The molecule has 0 radical (unpaired) electrons. The first-order valence-corrected chi connectivity index (χ1v) is 6.51. The van der Waals surface area contributed by atoms with Gasteiger partial charge in [-0.2, -0.15) is 5.10 Å². The molecule has 106 valence electrons. The van der Waals surface area contributed by atoms with Crippen molar-refractivity contribution in [1.82, 2.24) is 14.8 Å². The summed E-state index contributed by atoms with van der Waals surface area (Å²) in [5.74, 6) is 0.0100. The molecule has 3 N–H and O–H groups in total. The fraction of sp³-hybridized carbons (Fsp3) is 0.133. The highest BCUT2D eigenvalue weighted by Crippen LogP contribution is 2.25. The predicted octanol–water partition coefficient (Wildman–Crippen LogP) is 2.13. The molecule has 2 aromatic heterocycles. The maximum atomic E-state index is 9.01. The summed E-state index contributed by atoms with van der Waals surface area (Å²) in [6, 6.07) is 9.69. The lowest BCUT2D eigenvalue weighted by Crippen LogP contribution is -2.18. The van der Waals surface area contributed by atoms with Crippen molar-refractivity contribution >= 4 is 16.7 Å². The van der Waals surface area contributed by atoms with Gasteiger partial charge in [0.1, 0.15) is 0 Å². The number of fused-ring (bicyclic) bond motifs is 1. The first-order chi connectivity index (χ1) is 10.1. The first-order valence-electron chi connectivity index (χ1n) is 6.51. The second-order valence-electron chi connectivity index (χ2n) is 4.86. The third-order valence-corrected chi connectivity index (χ3v) is 3.35. The lowest BCUT2D eigenvalue weighted by Gasteiger charge is -2.13. The first kappa shape index (κ1) is 13.1. The highest BCUT2D eigenvalue weighted by molar-refractivity contribution is 6.05. The Morgan fingerprint density at radius 2 is 2.05 bits per heavy atom. The molecular weight excluding hydrogens is 266 g/mol. The Morgan fingerprint density at radius 3 is 2.71 bits per heavy atom. The number of aryl methyl sites for hydroxylation is 2. The molecule has 0 bridgehead atoms. The fourth-order valence-corrected chi connectivity index (χ4v) is 2.45. The summed E-state index contributed by atoms with van der Waals surface area (Å²) in [6.07, 6.45) is 1.60. The molecule has 21 heavy (non-hydrogen) atoms. The van der Waals surface area contributed by atoms with Gasteiger partial charge in [0, 0.05) is 17.3 Å². The van der Waals surface area contributed by atoms with Crippen LogP contribution in [0.3, 0.4) is 0 Å². The van der Waals surface area contributed by atoms with E-state index in [-0.39, 0.29) is 5.84 Å². The normalized spacial score (nSPS) is 12.0. The Bertz CT molecular complexity index is 850. The van der Waals surface area contributed by atoms with E-state index in [0.717, 1.165) is 28.0 Å². The zero-order chi connectivity index (χ0) is 15.0. The Morgan fingerprint density at radius 1 is 1.29 bits per heavy atom. The molecule has 1 aromatic carbocycles. The standard InChI is InChI=1S/C15H15N5O/c1-9-7-10(2)20(18-9)14-11-5-3-4-6-13(11)17-8-12(14)15(16)19-21/h3-8,21H,1-2H3,(H2,16,19). The molecule has 0 saturated carbocycles. The van der Waals surface area contributed by atoms with Gasteiger partial charge in [0.05, 0.1) is 22.5 Å². The molecule has 6 heteroatoms. The number of hydrogen-bond acceptors (Lipinski definition) is 4. The van der Waals surface area contributed by atoms with Crippen LogP contribution in [0.1, 0.15) is 17.0 Å². The molecule has 3 aromatic rings. The largest absolute Gasteiger partial charge is 0.409 e. The van der Waals surface area contributed by atoms with Crippen molar-refractivity contribution in [3.63, 3.8) is 0 Å². The second kappa shape index (κ2) is 4.90. The molecule has 0 aliphatic carbocycles. The molecular formula is C15H15N5O. The number of nitrogens with zero attached hydrogens (tertiary/aromatic N) is 4. The summed E-state index contributed by atoms with van der Waals surface area (Å²) in [4.78, 5) is 4.36. The molecule has 0 aliphatic heterocycles. The van der Waals surface area contributed by atoms with Crippen LogP contribution >= 0.6 is 0 Å². The van der Waals surface area contributed by atoms with E-state index < -0.39 is 0 Å². The molecule has 3 rings (SSSR count). The molecule has 2 heterocycles. The van der Waals surface area contributed by atoms with Crippen molar-refractivity contribution in [2.75, 3.05) is 0 Å². The molecule has 0 atom stereocenters. The number of para-hydroxylation sites is 1. The third-order valence-electron chi connectivity index (χ3n) is 3.35. The minimum atomic E-state index is 0.0100. The average molecular weight is 281 g/mol. The van der Waals surface area contributed by atoms with Crippen LogP contribution in [0.4, 0.5) is 0 Å². The number of oxime groups is 1. The average Bonchev–Trinajstić information content (AvgIpc) is 2.83. The van der Waals surface area contributed by atoms with Crippen LogP contribution in [-0.4, -0.2) is 25.8 Å². The highest BCUT2D eigenvalue weighted by atomic mass is 16.4. The molecule has 0 aliphatic rings. The summed E-state index contributed by atoms with van der Waals surface area (Å²) in [5, 5.41) is 17.5. The number of benzene rings is 1. The molecule has 0 fully saturated rings. The molecule has 0 spiro atoms. The fourth-order valence-electron chi connectivity index (χ4n) is 2.45. The van der Waals surface area contributed by atoms with E-state index in [9.17, 15) is 0 Å². The van der Waals surface area contributed by atoms with Gasteiger partial charge in [-0.05, 0) is 26.0 Å².